The van der Waals surface area contributed by atoms with Crippen LogP contribution in [0.15, 0.2) is 40.9 Å². The number of halogens is 4. The van der Waals surface area contributed by atoms with Gasteiger partial charge in [-0.3, -0.25) is 0 Å². The van der Waals surface area contributed by atoms with E-state index in [-0.39, 0.29) is 44.6 Å². The number of methoxy groups -OCH3 is 5. The van der Waals surface area contributed by atoms with E-state index in [0.717, 1.165) is 0 Å². The van der Waals surface area contributed by atoms with Crippen molar-refractivity contribution in [1.82, 2.24) is 0 Å². The molecular formula is C44H50BrF3O9. The van der Waals surface area contributed by atoms with Crippen LogP contribution in [0, 0.1) is 69.7 Å². The lowest BCUT2D eigenvalue weighted by molar-refractivity contribution is 0.0585. The molecular weight excluding hydrogens is 809 g/mol. The molecule has 0 fully saturated rings. The zero-order chi connectivity index (χ0) is 44.5. The molecule has 308 valence electrons. The fraction of sp³-hybridized carbons (Fsp3) is 0.386. The first kappa shape index (κ1) is 51.4. The average molecular weight is 860 g/mol. The van der Waals surface area contributed by atoms with Crippen molar-refractivity contribution < 1.29 is 56.3 Å². The summed E-state index contributed by atoms with van der Waals surface area (Å²) in [7, 11) is 6.33. The number of hydrogen-bond acceptors (Lipinski definition) is 8. The highest BCUT2D eigenvalue weighted by Crippen LogP contribution is 2.30. The molecule has 13 heteroatoms. The molecule has 3 aromatic carbocycles. The highest BCUT2D eigenvalue weighted by molar-refractivity contribution is 9.10. The highest BCUT2D eigenvalue weighted by atomic mass is 79.9. The lowest BCUT2D eigenvalue weighted by Gasteiger charge is -2.10. The standard InChI is InChI=1S/C15H17FO3.C14H15FO3.C9H8BrFO3.C6H10/c1-15(2,3)9-8-10-6-7-11(14(17)19-5)12(16)13(10)18-4;1-14(2,3)8-7-9-5-6-10(13(16)17)11(15)12(9)18-4;1-13-8-6(10)4-3-5(7(8)11)9(12)14-2;1-5-6(2,3)4/h6-7H,1-5H3;5-6H,1-4H3,(H,16,17);3-4H,1-2H3;1H,2-4H3. The summed E-state index contributed by atoms with van der Waals surface area (Å²) in [5.74, 6) is 8.84. The summed E-state index contributed by atoms with van der Waals surface area (Å²) in [5, 5.41) is 8.80. The van der Waals surface area contributed by atoms with Crippen molar-refractivity contribution in [3.05, 3.63) is 86.1 Å². The predicted molar refractivity (Wildman–Crippen MR) is 217 cm³/mol. The third-order valence-electron chi connectivity index (χ3n) is 6.47. The molecule has 0 spiro atoms. The molecule has 57 heavy (non-hydrogen) atoms. The number of rotatable bonds is 6. The molecule has 3 rings (SSSR count). The van der Waals surface area contributed by atoms with Crippen LogP contribution in [0.2, 0.25) is 0 Å². The Balaban J connectivity index is 0.000000776. The summed E-state index contributed by atoms with van der Waals surface area (Å²) in [6.07, 6.45) is 5.06. The van der Waals surface area contributed by atoms with Gasteiger partial charge in [0.25, 0.3) is 0 Å². The number of hydrogen-bond donors (Lipinski definition) is 1. The molecule has 0 aliphatic carbocycles. The van der Waals surface area contributed by atoms with Gasteiger partial charge in [-0.1, -0.05) is 23.7 Å². The normalized spacial score (nSPS) is 10.3. The number of carboxylic acids is 1. The first-order chi connectivity index (χ1) is 26.2. The quantitative estimate of drug-likeness (QED) is 0.191. The molecule has 0 aliphatic rings. The molecule has 0 bridgehead atoms. The van der Waals surface area contributed by atoms with E-state index in [4.69, 9.17) is 25.7 Å². The number of ether oxygens (including phenoxy) is 5. The Hall–Kier alpha value is -5.58. The van der Waals surface area contributed by atoms with E-state index in [0.29, 0.717) is 15.6 Å². The van der Waals surface area contributed by atoms with Crippen molar-refractivity contribution in [2.45, 2.75) is 62.3 Å². The number of aromatic carboxylic acids is 1. The first-order valence-electron chi connectivity index (χ1n) is 16.9. The van der Waals surface area contributed by atoms with Gasteiger partial charge in [0.15, 0.2) is 34.7 Å². The van der Waals surface area contributed by atoms with Crippen LogP contribution in [0.5, 0.6) is 17.2 Å². The summed E-state index contributed by atoms with van der Waals surface area (Å²) >= 11 is 3.10. The van der Waals surface area contributed by atoms with Gasteiger partial charge in [0.05, 0.1) is 67.8 Å². The van der Waals surface area contributed by atoms with Crippen LogP contribution in [-0.2, 0) is 9.47 Å². The van der Waals surface area contributed by atoms with Crippen LogP contribution < -0.4 is 14.2 Å². The number of terminal acetylenes is 1. The topological polar surface area (TPSA) is 118 Å². The second-order valence-electron chi connectivity index (χ2n) is 14.6. The molecule has 0 amide bonds. The lowest BCUT2D eigenvalue weighted by Crippen LogP contribution is -2.07. The predicted octanol–water partition coefficient (Wildman–Crippen LogP) is 10.00. The van der Waals surface area contributed by atoms with Gasteiger partial charge in [-0.25, -0.2) is 27.6 Å². The van der Waals surface area contributed by atoms with Gasteiger partial charge in [0.2, 0.25) is 0 Å². The SMILES string of the molecule is C#CC(C)(C)C.COC(=O)c1ccc(Br)c(OC)c1F.COC(=O)c1ccc(C#CC(C)(C)C)c(OC)c1F.COc1c(C#CC(C)(C)C)ccc(C(=O)O)c1F. The van der Waals surface area contributed by atoms with Gasteiger partial charge in [-0.2, -0.15) is 0 Å². The van der Waals surface area contributed by atoms with Crippen molar-refractivity contribution in [1.29, 1.82) is 0 Å². The van der Waals surface area contributed by atoms with E-state index in [9.17, 15) is 27.6 Å². The van der Waals surface area contributed by atoms with Crippen molar-refractivity contribution in [2.24, 2.45) is 16.2 Å². The molecule has 9 nitrogen and oxygen atoms in total. The van der Waals surface area contributed by atoms with Crippen LogP contribution in [0.1, 0.15) is 105 Å². The van der Waals surface area contributed by atoms with E-state index < -0.39 is 40.9 Å². The van der Waals surface area contributed by atoms with Crippen LogP contribution in [0.4, 0.5) is 13.2 Å². The Bertz CT molecular complexity index is 2060. The Labute approximate surface area is 342 Å². The van der Waals surface area contributed by atoms with E-state index in [1.807, 2.05) is 62.3 Å². The molecule has 1 N–H and O–H groups in total. The van der Waals surface area contributed by atoms with Crippen LogP contribution in [0.25, 0.3) is 0 Å². The van der Waals surface area contributed by atoms with Crippen LogP contribution in [0.3, 0.4) is 0 Å². The van der Waals surface area contributed by atoms with E-state index in [1.165, 1.54) is 65.9 Å². The molecule has 3 aromatic rings. The Morgan fingerprint density at radius 2 is 0.895 bits per heavy atom. The summed E-state index contributed by atoms with van der Waals surface area (Å²) < 4.78 is 65.5. The van der Waals surface area contributed by atoms with Gasteiger partial charge in [0, 0.05) is 16.2 Å². The molecule has 0 atom stereocenters. The minimum absolute atomic E-state index is 0.00657. The van der Waals surface area contributed by atoms with E-state index >= 15 is 0 Å². The summed E-state index contributed by atoms with van der Waals surface area (Å²) in [6.45, 7) is 17.6. The largest absolute Gasteiger partial charge is 0.492 e. The summed E-state index contributed by atoms with van der Waals surface area (Å²) in [5.41, 5.74) is -0.353. The van der Waals surface area contributed by atoms with Gasteiger partial charge in [-0.05, 0) is 115 Å². The van der Waals surface area contributed by atoms with E-state index in [2.05, 4.69) is 55.0 Å². The number of carbonyl (C=O) groups excluding carboxylic acids is 2. The monoisotopic (exact) mass is 858 g/mol. The Morgan fingerprint density at radius 3 is 1.19 bits per heavy atom. The van der Waals surface area contributed by atoms with Gasteiger partial charge < -0.3 is 28.8 Å². The molecule has 0 aromatic heterocycles. The number of benzene rings is 3. The van der Waals surface area contributed by atoms with Crippen molar-refractivity contribution in [2.75, 3.05) is 35.5 Å². The van der Waals surface area contributed by atoms with Crippen molar-refractivity contribution in [3.8, 4) is 53.3 Å². The zero-order valence-electron chi connectivity index (χ0n) is 34.8. The first-order valence-corrected chi connectivity index (χ1v) is 17.7. The zero-order valence-corrected chi connectivity index (χ0v) is 36.4. The Morgan fingerprint density at radius 1 is 0.579 bits per heavy atom. The number of esters is 2. The van der Waals surface area contributed by atoms with Gasteiger partial charge in [0.1, 0.15) is 0 Å². The molecule has 0 heterocycles. The third-order valence-corrected chi connectivity index (χ3v) is 7.10. The fourth-order valence-electron chi connectivity index (χ4n) is 3.64. The third kappa shape index (κ3) is 17.4. The maximum atomic E-state index is 14.1. The highest BCUT2D eigenvalue weighted by Gasteiger charge is 2.21. The van der Waals surface area contributed by atoms with Crippen molar-refractivity contribution in [3.63, 3.8) is 0 Å². The summed E-state index contributed by atoms with van der Waals surface area (Å²) in [4.78, 5) is 33.2. The minimum atomic E-state index is -1.33. The Kier molecular flexibility index (Phi) is 20.6. The maximum absolute atomic E-state index is 14.1. The number of carboxylic acid groups (broad SMARTS) is 1. The molecule has 0 saturated carbocycles. The van der Waals surface area contributed by atoms with Crippen molar-refractivity contribution >= 4 is 33.8 Å². The summed E-state index contributed by atoms with van der Waals surface area (Å²) in [6, 6.07) is 8.38. The van der Waals surface area contributed by atoms with Gasteiger partial charge in [-0.15, -0.1) is 12.3 Å². The molecule has 0 radical (unpaired) electrons. The smallest absolute Gasteiger partial charge is 0.340 e. The minimum Gasteiger partial charge on any atom is -0.492 e. The van der Waals surface area contributed by atoms with Crippen LogP contribution >= 0.6 is 15.9 Å². The average Bonchev–Trinajstić information content (AvgIpc) is 3.12. The fourth-order valence-corrected chi connectivity index (χ4v) is 4.11. The maximum Gasteiger partial charge on any atom is 0.340 e. The molecule has 0 aliphatic heterocycles. The molecule has 0 saturated heterocycles. The lowest BCUT2D eigenvalue weighted by atomic mass is 9.97. The second kappa shape index (κ2) is 22.8. The van der Waals surface area contributed by atoms with Gasteiger partial charge >= 0.3 is 17.9 Å². The van der Waals surface area contributed by atoms with Crippen LogP contribution in [-0.4, -0.2) is 58.6 Å². The molecule has 0 unspecified atom stereocenters. The number of carbonyl (C=O) groups is 3. The second-order valence-corrected chi connectivity index (χ2v) is 15.5. The van der Waals surface area contributed by atoms with E-state index in [1.54, 1.807) is 6.07 Å².